The molecule has 3 aromatic rings. The second kappa shape index (κ2) is 6.79. The molecule has 1 aliphatic rings. The normalized spacial score (nSPS) is 15.8. The van der Waals surface area contributed by atoms with Gasteiger partial charge < -0.3 is 9.88 Å². The number of fused-ring (bicyclic) bond motifs is 1. The van der Waals surface area contributed by atoms with E-state index in [1.807, 2.05) is 36.2 Å². The predicted molar refractivity (Wildman–Crippen MR) is 105 cm³/mol. The number of amides is 1. The number of pyridine rings is 1. The molecule has 1 unspecified atom stereocenters. The van der Waals surface area contributed by atoms with Crippen LogP contribution in [-0.4, -0.2) is 33.9 Å². The molecule has 4 rings (SSSR count). The number of rotatable bonds is 3. The van der Waals surface area contributed by atoms with E-state index in [2.05, 4.69) is 41.2 Å². The molecule has 4 nitrogen and oxygen atoms in total. The van der Waals surface area contributed by atoms with Gasteiger partial charge in [0.1, 0.15) is 5.65 Å². The maximum atomic E-state index is 12.9. The summed E-state index contributed by atoms with van der Waals surface area (Å²) in [4.78, 5) is 22.4. The van der Waals surface area contributed by atoms with Gasteiger partial charge in [-0.1, -0.05) is 35.9 Å². The van der Waals surface area contributed by atoms with Crippen LogP contribution in [0.3, 0.4) is 0 Å². The number of hydrogen-bond donors (Lipinski definition) is 1. The average Bonchev–Trinajstić information content (AvgIpc) is 3.11. The second-order valence-corrected chi connectivity index (χ2v) is 7.00. The molecule has 0 radical (unpaired) electrons. The Kier molecular flexibility index (Phi) is 4.33. The van der Waals surface area contributed by atoms with Gasteiger partial charge >= 0.3 is 0 Å². The average molecular weight is 345 g/mol. The molecular weight excluding hydrogens is 322 g/mol. The van der Waals surface area contributed by atoms with Crippen LogP contribution in [0, 0.1) is 6.92 Å². The molecule has 0 fully saturated rings. The van der Waals surface area contributed by atoms with Gasteiger partial charge in [-0.3, -0.25) is 4.79 Å². The minimum atomic E-state index is -0.109. The smallest absolute Gasteiger partial charge is 0.230 e. The zero-order valence-corrected chi connectivity index (χ0v) is 15.2. The number of aryl methyl sites for hydroxylation is 1. The van der Waals surface area contributed by atoms with Gasteiger partial charge in [0.15, 0.2) is 0 Å². The number of nitrogens with zero attached hydrogens (tertiary/aromatic N) is 2. The van der Waals surface area contributed by atoms with E-state index in [-0.39, 0.29) is 11.8 Å². The molecule has 2 aromatic heterocycles. The number of nitrogens with one attached hydrogen (secondary N) is 1. The molecule has 26 heavy (non-hydrogen) atoms. The molecular formula is C22H23N3O. The molecule has 3 heterocycles. The minimum Gasteiger partial charge on any atom is -0.346 e. The first kappa shape index (κ1) is 16.6. The van der Waals surface area contributed by atoms with E-state index in [4.69, 9.17) is 0 Å². The molecule has 0 spiro atoms. The zero-order chi connectivity index (χ0) is 18.1. The summed E-state index contributed by atoms with van der Waals surface area (Å²) in [5, 5.41) is 1.15. The van der Waals surface area contributed by atoms with Crippen LogP contribution in [0.1, 0.15) is 36.0 Å². The van der Waals surface area contributed by atoms with Gasteiger partial charge in [-0.2, -0.15) is 0 Å². The van der Waals surface area contributed by atoms with Crippen molar-refractivity contribution in [1.82, 2.24) is 14.9 Å². The molecule has 1 amide bonds. The number of aromatic amines is 1. The first-order valence-electron chi connectivity index (χ1n) is 9.10. The van der Waals surface area contributed by atoms with Crippen LogP contribution in [0.5, 0.6) is 0 Å². The van der Waals surface area contributed by atoms with E-state index in [0.717, 1.165) is 29.6 Å². The number of carbonyl (C=O) groups is 1. The van der Waals surface area contributed by atoms with Crippen molar-refractivity contribution in [3.8, 4) is 0 Å². The summed E-state index contributed by atoms with van der Waals surface area (Å²) in [5.74, 6) is 0.0913. The topological polar surface area (TPSA) is 49.0 Å². The Hall–Kier alpha value is -2.88. The van der Waals surface area contributed by atoms with Gasteiger partial charge in [-0.15, -0.1) is 0 Å². The van der Waals surface area contributed by atoms with Crippen molar-refractivity contribution in [1.29, 1.82) is 0 Å². The Labute approximate surface area is 153 Å². The summed E-state index contributed by atoms with van der Waals surface area (Å²) in [5.41, 5.74) is 5.68. The van der Waals surface area contributed by atoms with Gasteiger partial charge in [0.05, 0.1) is 5.92 Å². The Morgan fingerprint density at radius 1 is 1.27 bits per heavy atom. The molecule has 1 aliphatic heterocycles. The molecule has 0 bridgehead atoms. The molecule has 1 atom stereocenters. The van der Waals surface area contributed by atoms with Gasteiger partial charge in [-0.05, 0) is 43.5 Å². The van der Waals surface area contributed by atoms with Crippen LogP contribution in [0.2, 0.25) is 0 Å². The Morgan fingerprint density at radius 3 is 2.92 bits per heavy atom. The van der Waals surface area contributed by atoms with Crippen molar-refractivity contribution in [2.45, 2.75) is 26.2 Å². The largest absolute Gasteiger partial charge is 0.346 e. The SMILES string of the molecule is Cc1cccc(C(C)C(=O)N2CC=C(c3c[nH]c4ncccc34)CC2)c1. The quantitative estimate of drug-likeness (QED) is 0.770. The van der Waals surface area contributed by atoms with Crippen molar-refractivity contribution >= 4 is 22.5 Å². The van der Waals surface area contributed by atoms with Crippen LogP contribution >= 0.6 is 0 Å². The summed E-state index contributed by atoms with van der Waals surface area (Å²) in [6.07, 6.45) is 6.87. The molecule has 0 saturated heterocycles. The van der Waals surface area contributed by atoms with Gasteiger partial charge in [0.2, 0.25) is 5.91 Å². The summed E-state index contributed by atoms with van der Waals surface area (Å²) < 4.78 is 0. The lowest BCUT2D eigenvalue weighted by Gasteiger charge is -2.29. The lowest BCUT2D eigenvalue weighted by molar-refractivity contribution is -0.132. The van der Waals surface area contributed by atoms with E-state index in [1.165, 1.54) is 16.7 Å². The fraction of sp³-hybridized carbons (Fsp3) is 0.273. The minimum absolute atomic E-state index is 0.109. The maximum absolute atomic E-state index is 12.9. The molecule has 1 N–H and O–H groups in total. The van der Waals surface area contributed by atoms with Crippen molar-refractivity contribution < 1.29 is 4.79 Å². The fourth-order valence-electron chi connectivity index (χ4n) is 3.69. The lowest BCUT2D eigenvalue weighted by atomic mass is 9.95. The van der Waals surface area contributed by atoms with Crippen LogP contribution in [0.15, 0.2) is 54.9 Å². The lowest BCUT2D eigenvalue weighted by Crippen LogP contribution is -2.37. The van der Waals surface area contributed by atoms with Crippen molar-refractivity contribution in [3.05, 3.63) is 71.6 Å². The monoisotopic (exact) mass is 345 g/mol. The number of benzene rings is 1. The highest BCUT2D eigenvalue weighted by Crippen LogP contribution is 2.29. The first-order chi connectivity index (χ1) is 12.6. The number of H-pyrrole nitrogens is 1. The van der Waals surface area contributed by atoms with Crippen molar-refractivity contribution in [3.63, 3.8) is 0 Å². The molecule has 0 aliphatic carbocycles. The Morgan fingerprint density at radius 2 is 2.15 bits per heavy atom. The standard InChI is InChI=1S/C22H23N3O/c1-15-5-3-6-18(13-15)16(2)22(26)25-11-8-17(9-12-25)20-14-24-21-19(20)7-4-10-23-21/h3-8,10,13-14,16H,9,11-12H2,1-2H3,(H,23,24). The highest BCUT2D eigenvalue weighted by atomic mass is 16.2. The van der Waals surface area contributed by atoms with E-state index < -0.39 is 0 Å². The Bertz CT molecular complexity index is 986. The summed E-state index contributed by atoms with van der Waals surface area (Å²) in [6.45, 7) is 5.49. The summed E-state index contributed by atoms with van der Waals surface area (Å²) in [7, 11) is 0. The molecule has 1 aromatic carbocycles. The van der Waals surface area contributed by atoms with Crippen molar-refractivity contribution in [2.24, 2.45) is 0 Å². The summed E-state index contributed by atoms with van der Waals surface area (Å²) >= 11 is 0. The highest BCUT2D eigenvalue weighted by Gasteiger charge is 2.24. The van der Waals surface area contributed by atoms with E-state index in [9.17, 15) is 4.79 Å². The van der Waals surface area contributed by atoms with Gasteiger partial charge in [0.25, 0.3) is 0 Å². The van der Waals surface area contributed by atoms with Crippen LogP contribution < -0.4 is 0 Å². The second-order valence-electron chi connectivity index (χ2n) is 7.00. The predicted octanol–water partition coefficient (Wildman–Crippen LogP) is 4.29. The van der Waals surface area contributed by atoms with Crippen LogP contribution in [0.25, 0.3) is 16.6 Å². The number of hydrogen-bond acceptors (Lipinski definition) is 2. The first-order valence-corrected chi connectivity index (χ1v) is 9.10. The van der Waals surface area contributed by atoms with Crippen LogP contribution in [0.4, 0.5) is 0 Å². The third-order valence-corrected chi connectivity index (χ3v) is 5.23. The van der Waals surface area contributed by atoms with Gasteiger partial charge in [-0.25, -0.2) is 4.98 Å². The maximum Gasteiger partial charge on any atom is 0.230 e. The molecule has 4 heteroatoms. The zero-order valence-electron chi connectivity index (χ0n) is 15.2. The highest BCUT2D eigenvalue weighted by molar-refractivity contribution is 5.91. The van der Waals surface area contributed by atoms with E-state index in [1.54, 1.807) is 6.20 Å². The molecule has 132 valence electrons. The third kappa shape index (κ3) is 3.03. The van der Waals surface area contributed by atoms with Crippen LogP contribution in [-0.2, 0) is 4.79 Å². The number of carbonyl (C=O) groups excluding carboxylic acids is 1. The number of aromatic nitrogens is 2. The third-order valence-electron chi connectivity index (χ3n) is 5.23. The molecule has 0 saturated carbocycles. The van der Waals surface area contributed by atoms with Gasteiger partial charge in [0, 0.05) is 36.4 Å². The Balaban J connectivity index is 1.51. The van der Waals surface area contributed by atoms with Crippen molar-refractivity contribution in [2.75, 3.05) is 13.1 Å². The van der Waals surface area contributed by atoms with E-state index in [0.29, 0.717) is 6.54 Å². The fourth-order valence-corrected chi connectivity index (χ4v) is 3.69. The summed E-state index contributed by atoms with van der Waals surface area (Å²) in [6, 6.07) is 12.3. The van der Waals surface area contributed by atoms with E-state index >= 15 is 0 Å².